The van der Waals surface area contributed by atoms with Crippen LogP contribution in [0.4, 0.5) is 5.69 Å². The molecule has 0 saturated heterocycles. The van der Waals surface area contributed by atoms with Gasteiger partial charge in [0.25, 0.3) is 5.91 Å². The number of hydrogen-bond donors (Lipinski definition) is 2. The number of carbonyl (C=O) groups excluding carboxylic acids is 1. The van der Waals surface area contributed by atoms with Crippen LogP contribution in [0.25, 0.3) is 0 Å². The van der Waals surface area contributed by atoms with Crippen LogP contribution in [-0.2, 0) is 0 Å². The summed E-state index contributed by atoms with van der Waals surface area (Å²) in [6.07, 6.45) is 4.42. The Morgan fingerprint density at radius 1 is 1.35 bits per heavy atom. The molecule has 0 aromatic carbocycles. The lowest BCUT2D eigenvalue weighted by Gasteiger charge is -2.27. The highest BCUT2D eigenvalue weighted by Crippen LogP contribution is 2.33. The first-order valence-electron chi connectivity index (χ1n) is 6.15. The minimum Gasteiger partial charge on any atom is -0.395 e. The Balaban J connectivity index is 2.32. The molecule has 4 N–H and O–H groups in total. The normalized spacial score (nSPS) is 24.8. The van der Waals surface area contributed by atoms with Crippen molar-refractivity contribution in [3.05, 3.63) is 11.4 Å². The van der Waals surface area contributed by atoms with Gasteiger partial charge in [-0.1, -0.05) is 6.92 Å². The summed E-state index contributed by atoms with van der Waals surface area (Å²) < 4.78 is 1.75. The Hall–Kier alpha value is -1.52. The molecule has 0 radical (unpaired) electrons. The second kappa shape index (κ2) is 4.39. The minimum absolute atomic E-state index is 0.268. The van der Waals surface area contributed by atoms with Crippen molar-refractivity contribution in [1.29, 1.82) is 0 Å². The highest BCUT2D eigenvalue weighted by Gasteiger charge is 2.26. The number of amides is 1. The summed E-state index contributed by atoms with van der Waals surface area (Å²) in [5.41, 5.74) is 12.7. The molecular formula is C12H20N4O. The summed E-state index contributed by atoms with van der Waals surface area (Å²) in [5, 5.41) is 4.37. The molecule has 1 aromatic heterocycles. The molecule has 0 atom stereocenters. The van der Waals surface area contributed by atoms with Gasteiger partial charge in [0.1, 0.15) is 5.69 Å². The molecule has 1 saturated carbocycles. The van der Waals surface area contributed by atoms with Gasteiger partial charge in [-0.15, -0.1) is 0 Å². The first-order valence-corrected chi connectivity index (χ1v) is 6.15. The molecule has 0 aliphatic heterocycles. The summed E-state index contributed by atoms with van der Waals surface area (Å²) in [6, 6.07) is 0.268. The van der Waals surface area contributed by atoms with E-state index < -0.39 is 5.91 Å². The van der Waals surface area contributed by atoms with Crippen LogP contribution in [-0.4, -0.2) is 15.7 Å². The molecule has 5 nitrogen and oxygen atoms in total. The van der Waals surface area contributed by atoms with E-state index in [1.165, 1.54) is 12.8 Å². The number of aromatic nitrogens is 2. The molecule has 1 heterocycles. The fourth-order valence-corrected chi connectivity index (χ4v) is 2.56. The number of aryl methyl sites for hydroxylation is 1. The molecule has 0 unspecified atom stereocenters. The van der Waals surface area contributed by atoms with Gasteiger partial charge < -0.3 is 11.5 Å². The number of rotatable bonds is 2. The van der Waals surface area contributed by atoms with Crippen LogP contribution >= 0.6 is 0 Å². The zero-order valence-electron chi connectivity index (χ0n) is 10.4. The van der Waals surface area contributed by atoms with Crippen molar-refractivity contribution < 1.29 is 4.79 Å². The predicted octanol–water partition coefficient (Wildman–Crippen LogP) is 1.62. The molecule has 5 heteroatoms. The van der Waals surface area contributed by atoms with Gasteiger partial charge >= 0.3 is 0 Å². The Labute approximate surface area is 101 Å². The second-order valence-electron chi connectivity index (χ2n) is 5.07. The lowest BCUT2D eigenvalue weighted by Crippen LogP contribution is -2.25. The summed E-state index contributed by atoms with van der Waals surface area (Å²) in [5.74, 6) is 0.277. The molecule has 1 aliphatic carbocycles. The molecular weight excluding hydrogens is 216 g/mol. The highest BCUT2D eigenvalue weighted by molar-refractivity contribution is 5.96. The molecule has 1 amide bonds. The van der Waals surface area contributed by atoms with Crippen molar-refractivity contribution in [3.63, 3.8) is 0 Å². The van der Waals surface area contributed by atoms with Crippen molar-refractivity contribution in [2.24, 2.45) is 11.7 Å². The van der Waals surface area contributed by atoms with Gasteiger partial charge in [-0.2, -0.15) is 5.10 Å². The number of primary amides is 1. The van der Waals surface area contributed by atoms with Gasteiger partial charge in [0.2, 0.25) is 0 Å². The van der Waals surface area contributed by atoms with Crippen LogP contribution in [0.3, 0.4) is 0 Å². The van der Waals surface area contributed by atoms with Gasteiger partial charge in [-0.25, -0.2) is 0 Å². The Morgan fingerprint density at radius 3 is 2.47 bits per heavy atom. The summed E-state index contributed by atoms with van der Waals surface area (Å²) in [6.45, 7) is 4.07. The van der Waals surface area contributed by atoms with E-state index in [9.17, 15) is 4.79 Å². The summed E-state index contributed by atoms with van der Waals surface area (Å²) in [7, 11) is 0. The van der Waals surface area contributed by atoms with Gasteiger partial charge in [0.15, 0.2) is 0 Å². The third kappa shape index (κ3) is 2.14. The zero-order chi connectivity index (χ0) is 12.6. The number of hydrogen-bond acceptors (Lipinski definition) is 3. The Kier molecular flexibility index (Phi) is 3.09. The van der Waals surface area contributed by atoms with E-state index in [1.54, 1.807) is 4.68 Å². The third-order valence-electron chi connectivity index (χ3n) is 3.70. The zero-order valence-corrected chi connectivity index (χ0v) is 10.4. The van der Waals surface area contributed by atoms with Gasteiger partial charge in [0, 0.05) is 0 Å². The number of nitrogens with two attached hydrogens (primary N) is 2. The molecule has 1 fully saturated rings. The SMILES string of the molecule is Cc1nn([C@H]2CC[C@H](C)CC2)c(C(N)=O)c1N. The van der Waals surface area contributed by atoms with E-state index in [1.807, 2.05) is 6.92 Å². The van der Waals surface area contributed by atoms with Crippen molar-refractivity contribution in [2.45, 2.75) is 45.6 Å². The smallest absolute Gasteiger partial charge is 0.269 e. The molecule has 2 rings (SSSR count). The maximum absolute atomic E-state index is 11.4. The number of nitrogens with zero attached hydrogens (tertiary/aromatic N) is 2. The van der Waals surface area contributed by atoms with Crippen LogP contribution in [0, 0.1) is 12.8 Å². The largest absolute Gasteiger partial charge is 0.395 e. The number of anilines is 1. The fourth-order valence-electron chi connectivity index (χ4n) is 2.56. The maximum Gasteiger partial charge on any atom is 0.269 e. The average Bonchev–Trinajstić information content (AvgIpc) is 2.56. The van der Waals surface area contributed by atoms with E-state index in [0.717, 1.165) is 18.8 Å². The van der Waals surface area contributed by atoms with E-state index in [0.29, 0.717) is 17.1 Å². The lowest BCUT2D eigenvalue weighted by molar-refractivity contribution is 0.0985. The Morgan fingerprint density at radius 2 is 1.94 bits per heavy atom. The standard InChI is InChI=1S/C12H20N4O/c1-7-3-5-9(6-4-7)16-11(12(14)17)10(13)8(2)15-16/h7,9H,3-6,13H2,1-2H3,(H2,14,17)/t7-,9-. The predicted molar refractivity (Wildman–Crippen MR) is 66.6 cm³/mol. The van der Waals surface area contributed by atoms with Crippen LogP contribution in [0.1, 0.15) is 54.8 Å². The van der Waals surface area contributed by atoms with Crippen molar-refractivity contribution in [1.82, 2.24) is 9.78 Å². The monoisotopic (exact) mass is 236 g/mol. The first-order chi connectivity index (χ1) is 8.00. The summed E-state index contributed by atoms with van der Waals surface area (Å²) >= 11 is 0. The van der Waals surface area contributed by atoms with Crippen molar-refractivity contribution in [3.8, 4) is 0 Å². The molecule has 0 bridgehead atoms. The summed E-state index contributed by atoms with van der Waals surface area (Å²) in [4.78, 5) is 11.4. The van der Waals surface area contributed by atoms with Gasteiger partial charge in [0.05, 0.1) is 17.4 Å². The van der Waals surface area contributed by atoms with Crippen LogP contribution in [0.5, 0.6) is 0 Å². The highest BCUT2D eigenvalue weighted by atomic mass is 16.1. The molecule has 1 aromatic rings. The van der Waals surface area contributed by atoms with Gasteiger partial charge in [-0.05, 0) is 38.5 Å². The Bertz CT molecular complexity index is 430. The molecule has 94 valence electrons. The van der Waals surface area contributed by atoms with Gasteiger partial charge in [-0.3, -0.25) is 9.48 Å². The van der Waals surface area contributed by atoms with E-state index in [4.69, 9.17) is 11.5 Å². The van der Waals surface area contributed by atoms with E-state index >= 15 is 0 Å². The average molecular weight is 236 g/mol. The van der Waals surface area contributed by atoms with Crippen molar-refractivity contribution in [2.75, 3.05) is 5.73 Å². The molecule has 0 spiro atoms. The second-order valence-corrected chi connectivity index (χ2v) is 5.07. The number of carbonyl (C=O) groups is 1. The van der Waals surface area contributed by atoms with Crippen molar-refractivity contribution >= 4 is 11.6 Å². The van der Waals surface area contributed by atoms with Crippen LogP contribution in [0.15, 0.2) is 0 Å². The maximum atomic E-state index is 11.4. The fraction of sp³-hybridized carbons (Fsp3) is 0.667. The van der Waals surface area contributed by atoms with E-state index in [-0.39, 0.29) is 6.04 Å². The molecule has 1 aliphatic rings. The minimum atomic E-state index is -0.485. The third-order valence-corrected chi connectivity index (χ3v) is 3.70. The molecule has 17 heavy (non-hydrogen) atoms. The topological polar surface area (TPSA) is 86.9 Å². The quantitative estimate of drug-likeness (QED) is 0.818. The van der Waals surface area contributed by atoms with E-state index in [2.05, 4.69) is 12.0 Å². The van der Waals surface area contributed by atoms with Crippen LogP contribution < -0.4 is 11.5 Å². The first kappa shape index (κ1) is 12.0. The lowest BCUT2D eigenvalue weighted by atomic mass is 9.87. The van der Waals surface area contributed by atoms with Crippen LogP contribution in [0.2, 0.25) is 0 Å². The number of nitrogen functional groups attached to an aromatic ring is 1.